The van der Waals surface area contributed by atoms with Crippen molar-refractivity contribution in [2.75, 3.05) is 54.4 Å². The van der Waals surface area contributed by atoms with Gasteiger partial charge in [-0.15, -0.1) is 0 Å². The van der Waals surface area contributed by atoms with Crippen LogP contribution < -0.4 is 31.3 Å². The van der Waals surface area contributed by atoms with Crippen molar-refractivity contribution in [3.8, 4) is 5.82 Å². The number of aromatic nitrogens is 5. The van der Waals surface area contributed by atoms with Gasteiger partial charge in [-0.05, 0) is 131 Å². The number of nitrogens with one attached hydrogen (secondary N) is 3. The number of benzene rings is 2. The fourth-order valence-corrected chi connectivity index (χ4v) is 10.6. The second-order valence-corrected chi connectivity index (χ2v) is 18.7. The fraction of sp³-hybridized carbons (Fsp3) is 0.449. The predicted molar refractivity (Wildman–Crippen MR) is 249 cm³/mol. The molecule has 2 bridgehead atoms. The molecule has 3 aromatic heterocycles. The summed E-state index contributed by atoms with van der Waals surface area (Å²) in [6, 6.07) is 21.5. The van der Waals surface area contributed by atoms with Gasteiger partial charge in [0.2, 0.25) is 17.8 Å². The summed E-state index contributed by atoms with van der Waals surface area (Å²) in [6.07, 6.45) is 14.6. The molecule has 3 saturated heterocycles. The van der Waals surface area contributed by atoms with E-state index in [9.17, 15) is 24.3 Å². The van der Waals surface area contributed by atoms with E-state index >= 15 is 0 Å². The molecule has 1 aliphatic carbocycles. The number of imide groups is 1. The summed E-state index contributed by atoms with van der Waals surface area (Å²) in [6.45, 7) is 8.19. The van der Waals surface area contributed by atoms with Crippen molar-refractivity contribution in [3.05, 3.63) is 107 Å². The first kappa shape index (κ1) is 42.6. The lowest BCUT2D eigenvalue weighted by molar-refractivity contribution is -0.134. The third-order valence-corrected chi connectivity index (χ3v) is 14.6. The number of amides is 3. The minimum atomic E-state index is -1.12. The van der Waals surface area contributed by atoms with Gasteiger partial charge in [0.25, 0.3) is 11.5 Å². The van der Waals surface area contributed by atoms with Crippen LogP contribution in [0.4, 0.5) is 23.0 Å². The summed E-state index contributed by atoms with van der Waals surface area (Å²) in [4.78, 5) is 71.7. The number of nitrogens with zero attached hydrogens (tertiary/aromatic N) is 8. The molecule has 2 aromatic carbocycles. The Balaban J connectivity index is 0.707. The van der Waals surface area contributed by atoms with Gasteiger partial charge >= 0.3 is 0 Å². The first-order valence-corrected chi connectivity index (χ1v) is 23.2. The molecule has 65 heavy (non-hydrogen) atoms. The first-order valence-electron chi connectivity index (χ1n) is 23.2. The highest BCUT2D eigenvalue weighted by Crippen LogP contribution is 2.46. The Morgan fingerprint density at radius 2 is 1.51 bits per heavy atom. The van der Waals surface area contributed by atoms with Crippen molar-refractivity contribution in [3.63, 3.8) is 0 Å². The third kappa shape index (κ3) is 8.76. The molecule has 7 heterocycles. The molecule has 16 nitrogen and oxygen atoms in total. The van der Waals surface area contributed by atoms with Gasteiger partial charge in [-0.25, -0.2) is 19.3 Å². The molecule has 2 atom stereocenters. The van der Waals surface area contributed by atoms with E-state index in [1.165, 1.54) is 44.2 Å². The van der Waals surface area contributed by atoms with Crippen molar-refractivity contribution >= 4 is 51.8 Å². The van der Waals surface area contributed by atoms with Crippen LogP contribution in [-0.2, 0) is 21.7 Å². The van der Waals surface area contributed by atoms with Gasteiger partial charge in [-0.2, -0.15) is 4.98 Å². The average molecular weight is 880 g/mol. The molecular weight excluding hydrogens is 823 g/mol. The molecule has 16 heteroatoms. The number of hydrogen-bond donors (Lipinski definition) is 4. The number of rotatable bonds is 7. The quantitative estimate of drug-likeness (QED) is 0.125. The zero-order valence-electron chi connectivity index (χ0n) is 36.9. The number of piperazine rings is 1. The maximum Gasteiger partial charge on any atom is 0.278 e. The molecule has 1 spiro atoms. The molecule has 1 unspecified atom stereocenters. The van der Waals surface area contributed by atoms with E-state index < -0.39 is 17.6 Å². The van der Waals surface area contributed by atoms with E-state index in [0.717, 1.165) is 50.6 Å². The van der Waals surface area contributed by atoms with Gasteiger partial charge in [-0.1, -0.05) is 18.2 Å². The van der Waals surface area contributed by atoms with Crippen LogP contribution in [0.3, 0.4) is 0 Å². The van der Waals surface area contributed by atoms with Crippen molar-refractivity contribution in [1.82, 2.24) is 39.8 Å². The summed E-state index contributed by atoms with van der Waals surface area (Å²) in [5.74, 6) is -0.173. The van der Waals surface area contributed by atoms with Crippen molar-refractivity contribution < 1.29 is 19.5 Å². The zero-order chi connectivity index (χ0) is 44.7. The van der Waals surface area contributed by atoms with Gasteiger partial charge in [-0.3, -0.25) is 29.4 Å². The Labute approximate surface area is 377 Å². The summed E-state index contributed by atoms with van der Waals surface area (Å²) in [7, 11) is 0. The molecular formula is C49H57N11O5. The van der Waals surface area contributed by atoms with Crippen LogP contribution in [0.1, 0.15) is 87.2 Å². The number of fused-ring (bicyclic) bond motifs is 6. The van der Waals surface area contributed by atoms with E-state index in [-0.39, 0.29) is 23.8 Å². The summed E-state index contributed by atoms with van der Waals surface area (Å²) >= 11 is 0. The van der Waals surface area contributed by atoms with Gasteiger partial charge in [0.1, 0.15) is 17.0 Å². The number of piperidine rings is 2. The van der Waals surface area contributed by atoms with Crippen LogP contribution in [-0.4, -0.2) is 103 Å². The number of carbonyl (C=O) groups excluding carboxylic acids is 3. The molecule has 0 radical (unpaired) electrons. The lowest BCUT2D eigenvalue weighted by Crippen LogP contribution is -2.52. The fourth-order valence-electron chi connectivity index (χ4n) is 10.6. The number of allylic oxidation sites excluding steroid dienone is 2. The SMILES string of the molecule is C[C@@]1(O)CC/C=C\Cn2c(=O)c3cnc(Nc4ccc(N5CCN(C6CCC7(CC6)CCN(c6ccc(C(=O)NC8CCC(=O)NC8=O)cc6)CC7)CC5)cc4)nc3n2-c2cccc1n2. The normalized spacial score (nSPS) is 23.4. The topological polar surface area (TPSA) is 183 Å². The molecule has 4 aliphatic heterocycles. The predicted octanol–water partition coefficient (Wildman–Crippen LogP) is 5.16. The van der Waals surface area contributed by atoms with Crippen LogP contribution in [0.15, 0.2) is 89.9 Å². The van der Waals surface area contributed by atoms with Crippen molar-refractivity contribution in [1.29, 1.82) is 0 Å². The van der Waals surface area contributed by atoms with Crippen molar-refractivity contribution in [2.24, 2.45) is 5.41 Å². The monoisotopic (exact) mass is 879 g/mol. The second-order valence-electron chi connectivity index (χ2n) is 18.7. The smallest absolute Gasteiger partial charge is 0.278 e. The van der Waals surface area contributed by atoms with Crippen molar-refractivity contribution in [2.45, 2.75) is 95.4 Å². The Hall–Kier alpha value is -6.39. The van der Waals surface area contributed by atoms with Crippen LogP contribution in [0.5, 0.6) is 0 Å². The molecule has 10 rings (SSSR count). The molecule has 5 aliphatic rings. The number of pyridine rings is 1. The first-order chi connectivity index (χ1) is 31.5. The minimum Gasteiger partial charge on any atom is -0.384 e. The van der Waals surface area contributed by atoms with Gasteiger partial charge in [0, 0.05) is 80.6 Å². The molecule has 3 amide bonds. The number of aliphatic hydroxyl groups is 1. The second kappa shape index (κ2) is 17.5. The largest absolute Gasteiger partial charge is 0.384 e. The van der Waals surface area contributed by atoms with Crippen LogP contribution >= 0.6 is 0 Å². The Morgan fingerprint density at radius 1 is 0.800 bits per heavy atom. The van der Waals surface area contributed by atoms with Gasteiger partial charge in [0.05, 0.1) is 12.2 Å². The molecule has 4 fully saturated rings. The maximum absolute atomic E-state index is 13.6. The average Bonchev–Trinajstić information content (AvgIpc) is 3.59. The summed E-state index contributed by atoms with van der Waals surface area (Å²) in [5.41, 5.74) is 3.72. The standard InChI is InChI=1S/C49H57N11O5/c1-48(65)20-3-2-4-25-59-46(64)38-32-50-47(55-43(38)60(59)41-7-5-6-40(48)53-41)51-34-10-14-36(15-11-34)57-28-30-58(31-29-57)37-18-21-49(22-19-37)23-26-56(27-24-49)35-12-8-33(9-13-35)44(62)52-39-16-17-42(61)54-45(39)63/h2,4-15,32,37,39,65H,3,16-31H2,1H3,(H,52,62)(H,50,51,55)(H,54,61,63)/b4-2-/t39?,48-/m1/s1. The summed E-state index contributed by atoms with van der Waals surface area (Å²) in [5, 5.41) is 20.0. The van der Waals surface area contributed by atoms with Crippen LogP contribution in [0.2, 0.25) is 0 Å². The number of carbonyl (C=O) groups is 3. The Bertz CT molecular complexity index is 2670. The number of anilines is 4. The minimum absolute atomic E-state index is 0.203. The van der Waals surface area contributed by atoms with E-state index in [1.54, 1.807) is 22.5 Å². The maximum atomic E-state index is 13.6. The Kier molecular flexibility index (Phi) is 11.5. The zero-order valence-corrected chi connectivity index (χ0v) is 36.9. The molecule has 338 valence electrons. The number of hydrogen-bond acceptors (Lipinski definition) is 12. The Morgan fingerprint density at radius 3 is 2.23 bits per heavy atom. The highest BCUT2D eigenvalue weighted by Gasteiger charge is 2.40. The van der Waals surface area contributed by atoms with E-state index in [0.29, 0.717) is 71.3 Å². The lowest BCUT2D eigenvalue weighted by Gasteiger charge is -2.49. The molecule has 5 aromatic rings. The summed E-state index contributed by atoms with van der Waals surface area (Å²) < 4.78 is 3.34. The van der Waals surface area contributed by atoms with E-state index in [4.69, 9.17) is 9.97 Å². The van der Waals surface area contributed by atoms with Crippen LogP contribution in [0.25, 0.3) is 16.9 Å². The van der Waals surface area contributed by atoms with Gasteiger partial charge < -0.3 is 25.5 Å². The van der Waals surface area contributed by atoms with Crippen LogP contribution in [0, 0.1) is 5.41 Å². The highest BCUT2D eigenvalue weighted by atomic mass is 16.3. The molecule has 1 saturated carbocycles. The lowest BCUT2D eigenvalue weighted by atomic mass is 9.66. The highest BCUT2D eigenvalue weighted by molar-refractivity contribution is 6.03. The van der Waals surface area contributed by atoms with E-state index in [2.05, 4.69) is 47.8 Å². The third-order valence-electron chi connectivity index (χ3n) is 14.6. The molecule has 4 N–H and O–H groups in total. The van der Waals surface area contributed by atoms with E-state index in [1.807, 2.05) is 66.7 Å². The van der Waals surface area contributed by atoms with Gasteiger partial charge in [0.15, 0.2) is 11.5 Å².